The third-order valence-corrected chi connectivity index (χ3v) is 4.78. The third kappa shape index (κ3) is 1.74. The Morgan fingerprint density at radius 3 is 2.71 bits per heavy atom. The molecule has 1 fully saturated rings. The van der Waals surface area contributed by atoms with Gasteiger partial charge in [0, 0.05) is 17.7 Å². The standard InChI is InChI=1S/C10H12N2O4S/c13-10(14)9-7-5-17(15,16)4-3-8(7)12(11-9)6-1-2-6/h6H,1-5H2,(H,13,14). The highest BCUT2D eigenvalue weighted by atomic mass is 32.2. The van der Waals surface area contributed by atoms with Crippen molar-refractivity contribution in [1.29, 1.82) is 0 Å². The monoisotopic (exact) mass is 256 g/mol. The van der Waals surface area contributed by atoms with E-state index in [-0.39, 0.29) is 23.2 Å². The van der Waals surface area contributed by atoms with Crippen molar-refractivity contribution < 1.29 is 18.3 Å². The van der Waals surface area contributed by atoms with Crippen LogP contribution in [0.2, 0.25) is 0 Å². The first-order chi connectivity index (χ1) is 7.98. The maximum atomic E-state index is 11.6. The number of rotatable bonds is 2. The maximum Gasteiger partial charge on any atom is 0.356 e. The number of hydrogen-bond donors (Lipinski definition) is 1. The average molecular weight is 256 g/mol. The molecule has 1 aliphatic carbocycles. The van der Waals surface area contributed by atoms with Crippen LogP contribution in [0.4, 0.5) is 0 Å². The van der Waals surface area contributed by atoms with Crippen LogP contribution in [0.5, 0.6) is 0 Å². The van der Waals surface area contributed by atoms with Crippen molar-refractivity contribution in [2.45, 2.75) is 31.1 Å². The van der Waals surface area contributed by atoms with E-state index in [2.05, 4.69) is 5.10 Å². The van der Waals surface area contributed by atoms with E-state index in [1.54, 1.807) is 4.68 Å². The van der Waals surface area contributed by atoms with Crippen LogP contribution in [0, 0.1) is 0 Å². The van der Waals surface area contributed by atoms with E-state index in [0.29, 0.717) is 12.0 Å². The minimum atomic E-state index is -3.16. The van der Waals surface area contributed by atoms with E-state index >= 15 is 0 Å². The van der Waals surface area contributed by atoms with Gasteiger partial charge >= 0.3 is 5.97 Å². The number of aromatic carboxylic acids is 1. The topological polar surface area (TPSA) is 89.3 Å². The Morgan fingerprint density at radius 1 is 1.41 bits per heavy atom. The molecule has 2 heterocycles. The van der Waals surface area contributed by atoms with Crippen LogP contribution >= 0.6 is 0 Å². The summed E-state index contributed by atoms with van der Waals surface area (Å²) in [4.78, 5) is 11.1. The first-order valence-electron chi connectivity index (χ1n) is 5.52. The fourth-order valence-electron chi connectivity index (χ4n) is 2.26. The molecule has 0 radical (unpaired) electrons. The van der Waals surface area contributed by atoms with Gasteiger partial charge in [-0.3, -0.25) is 4.68 Å². The van der Waals surface area contributed by atoms with Gasteiger partial charge in [0.15, 0.2) is 15.5 Å². The fourth-order valence-corrected chi connectivity index (χ4v) is 3.65. The summed E-state index contributed by atoms with van der Waals surface area (Å²) in [6.45, 7) is 0. The number of sulfone groups is 1. The number of carboxylic acids is 1. The van der Waals surface area contributed by atoms with Crippen molar-refractivity contribution in [3.8, 4) is 0 Å². The molecule has 92 valence electrons. The van der Waals surface area contributed by atoms with Gasteiger partial charge in [-0.25, -0.2) is 13.2 Å². The highest BCUT2D eigenvalue weighted by molar-refractivity contribution is 7.90. The molecule has 2 aliphatic rings. The second-order valence-electron chi connectivity index (χ2n) is 4.60. The predicted octanol–water partition coefficient (Wildman–Crippen LogP) is 0.387. The molecular weight excluding hydrogens is 244 g/mol. The van der Waals surface area contributed by atoms with Gasteiger partial charge in [-0.05, 0) is 12.8 Å². The molecule has 1 saturated carbocycles. The van der Waals surface area contributed by atoms with Crippen LogP contribution in [0.1, 0.15) is 40.6 Å². The van der Waals surface area contributed by atoms with Gasteiger partial charge in [0.05, 0.1) is 17.5 Å². The summed E-state index contributed by atoms with van der Waals surface area (Å²) >= 11 is 0. The van der Waals surface area contributed by atoms with E-state index < -0.39 is 15.8 Å². The van der Waals surface area contributed by atoms with Gasteiger partial charge in [0.25, 0.3) is 0 Å². The Morgan fingerprint density at radius 2 is 2.12 bits per heavy atom. The maximum absolute atomic E-state index is 11.6. The van der Waals surface area contributed by atoms with Crippen molar-refractivity contribution in [3.63, 3.8) is 0 Å². The lowest BCUT2D eigenvalue weighted by Crippen LogP contribution is -2.21. The molecule has 1 aliphatic heterocycles. The summed E-state index contributed by atoms with van der Waals surface area (Å²) in [6, 6.07) is 0.276. The summed E-state index contributed by atoms with van der Waals surface area (Å²) < 4.78 is 24.8. The lowest BCUT2D eigenvalue weighted by Gasteiger charge is -2.14. The molecule has 7 heteroatoms. The van der Waals surface area contributed by atoms with Gasteiger partial charge in [0.1, 0.15) is 0 Å². The highest BCUT2D eigenvalue weighted by Gasteiger charge is 2.35. The van der Waals surface area contributed by atoms with Crippen LogP contribution in [0.3, 0.4) is 0 Å². The fraction of sp³-hybridized carbons (Fsp3) is 0.600. The van der Waals surface area contributed by atoms with Gasteiger partial charge < -0.3 is 5.11 Å². The molecule has 0 atom stereocenters. The van der Waals surface area contributed by atoms with Crippen LogP contribution in [-0.4, -0.2) is 35.0 Å². The normalized spacial score (nSPS) is 22.1. The van der Waals surface area contributed by atoms with Gasteiger partial charge in [0.2, 0.25) is 0 Å². The SMILES string of the molecule is O=C(O)c1nn(C2CC2)c2c1CS(=O)(=O)CC2. The minimum absolute atomic E-state index is 0.0878. The second-order valence-corrected chi connectivity index (χ2v) is 6.78. The van der Waals surface area contributed by atoms with E-state index in [9.17, 15) is 13.2 Å². The Hall–Kier alpha value is -1.37. The summed E-state index contributed by atoms with van der Waals surface area (Å²) in [5, 5.41) is 13.1. The highest BCUT2D eigenvalue weighted by Crippen LogP contribution is 2.38. The zero-order valence-electron chi connectivity index (χ0n) is 9.09. The number of fused-ring (bicyclic) bond motifs is 1. The Bertz CT molecular complexity index is 598. The molecule has 3 rings (SSSR count). The van der Waals surface area contributed by atoms with E-state index in [1.165, 1.54) is 0 Å². The molecule has 0 spiro atoms. The minimum Gasteiger partial charge on any atom is -0.476 e. The molecule has 0 aromatic carbocycles. The number of carboxylic acid groups (broad SMARTS) is 1. The molecule has 6 nitrogen and oxygen atoms in total. The number of carbonyl (C=O) groups is 1. The largest absolute Gasteiger partial charge is 0.476 e. The quantitative estimate of drug-likeness (QED) is 0.826. The molecule has 1 aromatic heterocycles. The van der Waals surface area contributed by atoms with Crippen molar-refractivity contribution in [2.24, 2.45) is 0 Å². The van der Waals surface area contributed by atoms with Crippen LogP contribution in [0.15, 0.2) is 0 Å². The molecular formula is C10H12N2O4S. The number of nitrogens with zero attached hydrogens (tertiary/aromatic N) is 2. The smallest absolute Gasteiger partial charge is 0.356 e. The third-order valence-electron chi connectivity index (χ3n) is 3.23. The van der Waals surface area contributed by atoms with Crippen molar-refractivity contribution in [2.75, 3.05) is 5.75 Å². The van der Waals surface area contributed by atoms with Crippen LogP contribution in [-0.2, 0) is 22.0 Å². The summed E-state index contributed by atoms with van der Waals surface area (Å²) in [5.74, 6) is -1.23. The number of hydrogen-bond acceptors (Lipinski definition) is 4. The molecule has 0 amide bonds. The van der Waals surface area contributed by atoms with Crippen molar-refractivity contribution in [3.05, 3.63) is 17.0 Å². The first-order valence-corrected chi connectivity index (χ1v) is 7.34. The molecule has 17 heavy (non-hydrogen) atoms. The summed E-state index contributed by atoms with van der Waals surface area (Å²) in [5.41, 5.74) is 1.12. The zero-order chi connectivity index (χ0) is 12.2. The van der Waals surface area contributed by atoms with Gasteiger partial charge in [-0.15, -0.1) is 0 Å². The Kier molecular flexibility index (Phi) is 2.10. The average Bonchev–Trinajstić information content (AvgIpc) is 2.99. The van der Waals surface area contributed by atoms with E-state index in [1.807, 2.05) is 0 Å². The number of aromatic nitrogens is 2. The second kappa shape index (κ2) is 3.32. The zero-order valence-corrected chi connectivity index (χ0v) is 9.90. The molecule has 0 unspecified atom stereocenters. The molecule has 1 aromatic rings. The van der Waals surface area contributed by atoms with Crippen molar-refractivity contribution in [1.82, 2.24) is 9.78 Å². The summed E-state index contributed by atoms with van der Waals surface area (Å²) in [7, 11) is -3.16. The van der Waals surface area contributed by atoms with Gasteiger partial charge in [-0.2, -0.15) is 5.10 Å². The van der Waals surface area contributed by atoms with E-state index in [0.717, 1.165) is 18.5 Å². The summed E-state index contributed by atoms with van der Waals surface area (Å²) in [6.07, 6.45) is 2.38. The lowest BCUT2D eigenvalue weighted by atomic mass is 10.1. The predicted molar refractivity (Wildman–Crippen MR) is 58.7 cm³/mol. The molecule has 0 bridgehead atoms. The van der Waals surface area contributed by atoms with Crippen LogP contribution in [0.25, 0.3) is 0 Å². The van der Waals surface area contributed by atoms with Crippen molar-refractivity contribution >= 4 is 15.8 Å². The van der Waals surface area contributed by atoms with E-state index in [4.69, 9.17) is 5.11 Å². The molecule has 0 saturated heterocycles. The Labute approximate surface area is 98.2 Å². The first kappa shape index (κ1) is 10.8. The van der Waals surface area contributed by atoms with Crippen LogP contribution < -0.4 is 0 Å². The Balaban J connectivity index is 2.16. The lowest BCUT2D eigenvalue weighted by molar-refractivity contribution is 0.0688. The van der Waals surface area contributed by atoms with Gasteiger partial charge in [-0.1, -0.05) is 0 Å². The molecule has 1 N–H and O–H groups in total.